The Balaban J connectivity index is 1.10. The second-order valence-corrected chi connectivity index (χ2v) is 14.2. The van der Waals surface area contributed by atoms with Gasteiger partial charge in [0.1, 0.15) is 0 Å². The smallest absolute Gasteiger partial charge is 0.169 e. The molecule has 2 atom stereocenters. The lowest BCUT2D eigenvalue weighted by atomic mass is 9.95. The monoisotopic (exact) mass is 617 g/mol. The number of nitrogens with zero attached hydrogens (tertiary/aromatic N) is 3. The topological polar surface area (TPSA) is 7.12 Å². The summed E-state index contributed by atoms with van der Waals surface area (Å²) in [5, 5.41) is 0. The second kappa shape index (κ2) is 13.6. The van der Waals surface area contributed by atoms with Crippen LogP contribution in [0.25, 0.3) is 23.8 Å². The molecule has 2 unspecified atom stereocenters. The summed E-state index contributed by atoms with van der Waals surface area (Å²) >= 11 is 0. The predicted octanol–water partition coefficient (Wildman–Crippen LogP) is 9.62. The lowest BCUT2D eigenvalue weighted by Crippen LogP contribution is -2.39. The minimum Gasteiger partial charge on any atom is -0.338 e. The van der Waals surface area contributed by atoms with Crippen LogP contribution in [-0.2, 0) is 6.54 Å². The van der Waals surface area contributed by atoms with E-state index in [2.05, 4.69) is 176 Å². The number of hydrogen-bond acceptors (Lipinski definition) is 1. The van der Waals surface area contributed by atoms with Crippen LogP contribution in [0, 0.1) is 0 Å². The number of pyridine rings is 1. The Kier molecular flexibility index (Phi) is 8.91. The Bertz CT molecular complexity index is 1810. The van der Waals surface area contributed by atoms with Crippen molar-refractivity contribution in [2.24, 2.45) is 0 Å². The van der Waals surface area contributed by atoms with Gasteiger partial charge in [0.25, 0.3) is 0 Å². The van der Waals surface area contributed by atoms with Crippen molar-refractivity contribution < 1.29 is 9.05 Å². The molecule has 0 amide bonds. The van der Waals surface area contributed by atoms with Gasteiger partial charge >= 0.3 is 0 Å². The molecule has 7 rings (SSSR count). The minimum atomic E-state index is 0.538. The van der Waals surface area contributed by atoms with Crippen LogP contribution in [0.3, 0.4) is 0 Å². The lowest BCUT2D eigenvalue weighted by Gasteiger charge is -2.27. The number of benzene rings is 4. The summed E-state index contributed by atoms with van der Waals surface area (Å²) in [4.78, 5) is 2.62. The highest BCUT2D eigenvalue weighted by Gasteiger charge is 2.42. The van der Waals surface area contributed by atoms with Gasteiger partial charge in [-0.15, -0.1) is 0 Å². The van der Waals surface area contributed by atoms with Gasteiger partial charge in [-0.2, -0.15) is 0 Å². The van der Waals surface area contributed by atoms with Crippen molar-refractivity contribution >= 4 is 35.2 Å². The molecular formula is C44H47N3+2. The fraction of sp³-hybridized carbons (Fsp3) is 0.250. The Morgan fingerprint density at radius 1 is 0.723 bits per heavy atom. The molecule has 1 fully saturated rings. The SMILES string of the molecule is C[N+](C)(C)CCC[n+]1ccc(/C=C/c2ccc3c(c2)C2CCCC2N3c2ccc(C=C(c3ccccc3)c3ccccc3)cc2)cc1. The third kappa shape index (κ3) is 7.16. The largest absolute Gasteiger partial charge is 0.338 e. The molecule has 2 aliphatic rings. The zero-order valence-corrected chi connectivity index (χ0v) is 28.1. The quantitative estimate of drug-likeness (QED) is 0.0860. The molecule has 0 spiro atoms. The number of aryl methyl sites for hydroxylation is 1. The number of rotatable bonds is 10. The summed E-state index contributed by atoms with van der Waals surface area (Å²) in [5.41, 5.74) is 11.6. The van der Waals surface area contributed by atoms with Crippen LogP contribution in [0.4, 0.5) is 11.4 Å². The third-order valence-corrected chi connectivity index (χ3v) is 9.80. The second-order valence-electron chi connectivity index (χ2n) is 14.2. The third-order valence-electron chi connectivity index (χ3n) is 9.80. The van der Waals surface area contributed by atoms with E-state index in [9.17, 15) is 0 Å². The molecule has 236 valence electrons. The summed E-state index contributed by atoms with van der Waals surface area (Å²) in [6.07, 6.45) is 16.3. The van der Waals surface area contributed by atoms with Gasteiger partial charge in [-0.1, -0.05) is 97.4 Å². The molecule has 4 aromatic carbocycles. The van der Waals surface area contributed by atoms with E-state index in [0.717, 1.165) is 11.0 Å². The highest BCUT2D eigenvalue weighted by Crippen LogP contribution is 2.52. The zero-order valence-electron chi connectivity index (χ0n) is 28.1. The van der Waals surface area contributed by atoms with Crippen LogP contribution >= 0.6 is 0 Å². The van der Waals surface area contributed by atoms with E-state index in [1.54, 1.807) is 0 Å². The van der Waals surface area contributed by atoms with E-state index >= 15 is 0 Å². The maximum atomic E-state index is 2.62. The fourth-order valence-electron chi connectivity index (χ4n) is 7.43. The first-order valence-corrected chi connectivity index (χ1v) is 17.2. The molecule has 0 saturated heterocycles. The van der Waals surface area contributed by atoms with Crippen molar-refractivity contribution in [2.75, 3.05) is 32.6 Å². The van der Waals surface area contributed by atoms with E-state index in [1.807, 2.05) is 0 Å². The molecule has 3 heteroatoms. The molecule has 1 aliphatic carbocycles. The Hall–Kier alpha value is -4.73. The van der Waals surface area contributed by atoms with E-state index in [0.29, 0.717) is 12.0 Å². The highest BCUT2D eigenvalue weighted by atomic mass is 15.3. The van der Waals surface area contributed by atoms with Gasteiger partial charge in [0, 0.05) is 35.5 Å². The van der Waals surface area contributed by atoms with Crippen LogP contribution < -0.4 is 9.47 Å². The molecule has 2 heterocycles. The van der Waals surface area contributed by atoms with E-state index in [4.69, 9.17) is 0 Å². The van der Waals surface area contributed by atoms with Gasteiger partial charge in [0.05, 0.1) is 34.1 Å². The van der Waals surface area contributed by atoms with E-state index < -0.39 is 0 Å². The van der Waals surface area contributed by atoms with Crippen molar-refractivity contribution in [3.63, 3.8) is 0 Å². The normalized spacial score (nSPS) is 17.1. The van der Waals surface area contributed by atoms with Crippen LogP contribution in [0.5, 0.6) is 0 Å². The molecule has 5 aromatic rings. The van der Waals surface area contributed by atoms with Crippen molar-refractivity contribution in [3.8, 4) is 0 Å². The summed E-state index contributed by atoms with van der Waals surface area (Å²) in [6, 6.07) is 42.7. The zero-order chi connectivity index (χ0) is 32.2. The molecular weight excluding hydrogens is 571 g/mol. The van der Waals surface area contributed by atoms with Crippen LogP contribution in [-0.4, -0.2) is 38.2 Å². The van der Waals surface area contributed by atoms with Gasteiger partial charge in [-0.25, -0.2) is 4.57 Å². The molecule has 1 saturated carbocycles. The number of aromatic nitrogens is 1. The Labute approximate surface area is 281 Å². The first kappa shape index (κ1) is 30.9. The Morgan fingerprint density at radius 2 is 1.36 bits per heavy atom. The predicted molar refractivity (Wildman–Crippen MR) is 198 cm³/mol. The van der Waals surface area contributed by atoms with Gasteiger partial charge in [-0.3, -0.25) is 0 Å². The molecule has 0 bridgehead atoms. The van der Waals surface area contributed by atoms with Gasteiger partial charge in [-0.05, 0) is 82.1 Å². The molecule has 47 heavy (non-hydrogen) atoms. The van der Waals surface area contributed by atoms with Crippen LogP contribution in [0.15, 0.2) is 128 Å². The fourth-order valence-corrected chi connectivity index (χ4v) is 7.43. The van der Waals surface area contributed by atoms with Gasteiger partial charge in [0.2, 0.25) is 0 Å². The summed E-state index contributed by atoms with van der Waals surface area (Å²) in [5.74, 6) is 0.600. The standard InChI is InChI=1S/C44H47N3/c1-47(2,3)31-11-28-45-29-26-34(27-30-45)18-19-35-22-25-44-42(33-35)40-16-10-17-43(40)46(44)39-23-20-36(21-24-39)32-41(37-12-6-4-7-13-37)38-14-8-5-9-15-38/h4-9,12-15,18-27,29-30,32-33,40,43H,10-11,16-17,28,31H2,1-3H3/q+2. The number of fused-ring (bicyclic) bond motifs is 3. The van der Waals surface area contributed by atoms with Crippen molar-refractivity contribution in [1.29, 1.82) is 0 Å². The van der Waals surface area contributed by atoms with E-state index in [-0.39, 0.29) is 0 Å². The van der Waals surface area contributed by atoms with Gasteiger partial charge < -0.3 is 9.38 Å². The molecule has 3 nitrogen and oxygen atoms in total. The summed E-state index contributed by atoms with van der Waals surface area (Å²) in [7, 11) is 6.77. The average molecular weight is 618 g/mol. The molecule has 1 aromatic heterocycles. The van der Waals surface area contributed by atoms with Gasteiger partial charge in [0.15, 0.2) is 18.9 Å². The summed E-state index contributed by atoms with van der Waals surface area (Å²) in [6.45, 7) is 2.24. The highest BCUT2D eigenvalue weighted by molar-refractivity contribution is 5.91. The Morgan fingerprint density at radius 3 is 2.02 bits per heavy atom. The first-order chi connectivity index (χ1) is 22.9. The average Bonchev–Trinajstić information content (AvgIpc) is 3.69. The molecule has 1 aliphatic heterocycles. The molecule has 0 N–H and O–H groups in total. The van der Waals surface area contributed by atoms with Crippen molar-refractivity contribution in [3.05, 3.63) is 161 Å². The van der Waals surface area contributed by atoms with E-state index in [1.165, 1.54) is 82.6 Å². The number of quaternary nitrogens is 1. The lowest BCUT2D eigenvalue weighted by molar-refractivity contribution is -0.873. The number of hydrogen-bond donors (Lipinski definition) is 0. The van der Waals surface area contributed by atoms with Crippen LogP contribution in [0.1, 0.15) is 65.0 Å². The first-order valence-electron chi connectivity index (χ1n) is 17.2. The van der Waals surface area contributed by atoms with Crippen LogP contribution in [0.2, 0.25) is 0 Å². The number of anilines is 2. The molecule has 0 radical (unpaired) electrons. The van der Waals surface area contributed by atoms with Crippen molar-refractivity contribution in [2.45, 2.75) is 44.2 Å². The minimum absolute atomic E-state index is 0.538. The maximum Gasteiger partial charge on any atom is 0.169 e. The maximum absolute atomic E-state index is 2.62. The van der Waals surface area contributed by atoms with Crippen molar-refractivity contribution in [1.82, 2.24) is 0 Å². The summed E-state index contributed by atoms with van der Waals surface area (Å²) < 4.78 is 3.31.